The third kappa shape index (κ3) is 3.40. The number of fused-ring (bicyclic) bond motifs is 1. The molecule has 0 bridgehead atoms. The zero-order chi connectivity index (χ0) is 19.0. The summed E-state index contributed by atoms with van der Waals surface area (Å²) in [4.78, 5) is 43.5. The third-order valence-corrected chi connectivity index (χ3v) is 5.23. The van der Waals surface area contributed by atoms with Crippen LogP contribution in [0.5, 0.6) is 0 Å². The zero-order valence-electron chi connectivity index (χ0n) is 15.1. The molecule has 0 aliphatic carbocycles. The number of aromatic nitrogens is 1. The number of carbonyl (C=O) groups excluding carboxylic acids is 3. The molecule has 0 spiro atoms. The fourth-order valence-corrected chi connectivity index (χ4v) is 3.92. The number of H-pyrrole nitrogens is 1. The SMILES string of the molecule is CC(=O)ON1C(=O)NC(=O)C1Cc1ccc2[nH]cc(C3CCNCC3)c2c1. The van der Waals surface area contributed by atoms with Crippen molar-refractivity contribution >= 4 is 28.8 Å². The van der Waals surface area contributed by atoms with Gasteiger partial charge in [-0.15, -0.1) is 5.06 Å². The van der Waals surface area contributed by atoms with Crippen molar-refractivity contribution in [3.8, 4) is 0 Å². The molecule has 0 saturated carbocycles. The standard InChI is InChI=1S/C19H22N4O4/c1-11(24)27-23-17(18(25)22-19(23)26)9-12-2-3-16-14(8-12)15(10-21-16)13-4-6-20-7-5-13/h2-3,8,10,13,17,20-21H,4-7,9H2,1H3,(H,22,25,26). The van der Waals surface area contributed by atoms with E-state index in [1.807, 2.05) is 12.1 Å². The van der Waals surface area contributed by atoms with Crippen molar-refractivity contribution in [3.05, 3.63) is 35.5 Å². The number of imide groups is 1. The van der Waals surface area contributed by atoms with Crippen molar-refractivity contribution in [1.82, 2.24) is 20.7 Å². The number of benzene rings is 1. The number of nitrogens with one attached hydrogen (secondary N) is 3. The predicted octanol–water partition coefficient (Wildman–Crippen LogP) is 1.58. The largest absolute Gasteiger partial charge is 0.361 e. The van der Waals surface area contributed by atoms with Gasteiger partial charge in [0, 0.05) is 30.4 Å². The predicted molar refractivity (Wildman–Crippen MR) is 97.8 cm³/mol. The maximum atomic E-state index is 12.1. The van der Waals surface area contributed by atoms with Gasteiger partial charge >= 0.3 is 12.0 Å². The monoisotopic (exact) mass is 370 g/mol. The number of hydrogen-bond acceptors (Lipinski definition) is 5. The molecule has 1 aromatic heterocycles. The normalized spacial score (nSPS) is 20.9. The number of nitrogens with zero attached hydrogens (tertiary/aromatic N) is 1. The topological polar surface area (TPSA) is 104 Å². The molecule has 2 aliphatic heterocycles. The minimum absolute atomic E-state index is 0.275. The van der Waals surface area contributed by atoms with Gasteiger partial charge in [0.05, 0.1) is 0 Å². The van der Waals surface area contributed by atoms with Crippen molar-refractivity contribution in [3.63, 3.8) is 0 Å². The Balaban J connectivity index is 1.60. The summed E-state index contributed by atoms with van der Waals surface area (Å²) in [6.07, 6.45) is 4.53. The molecule has 142 valence electrons. The summed E-state index contributed by atoms with van der Waals surface area (Å²) in [6, 6.07) is 4.40. The van der Waals surface area contributed by atoms with Crippen molar-refractivity contribution < 1.29 is 19.2 Å². The van der Waals surface area contributed by atoms with Crippen LogP contribution >= 0.6 is 0 Å². The zero-order valence-corrected chi connectivity index (χ0v) is 15.1. The van der Waals surface area contributed by atoms with E-state index in [1.165, 1.54) is 12.5 Å². The Bertz CT molecular complexity index is 900. The summed E-state index contributed by atoms with van der Waals surface area (Å²) >= 11 is 0. The lowest BCUT2D eigenvalue weighted by Gasteiger charge is -2.22. The van der Waals surface area contributed by atoms with E-state index in [9.17, 15) is 14.4 Å². The van der Waals surface area contributed by atoms with Crippen molar-refractivity contribution in [2.75, 3.05) is 13.1 Å². The second-order valence-electron chi connectivity index (χ2n) is 7.07. The fourth-order valence-electron chi connectivity index (χ4n) is 3.92. The van der Waals surface area contributed by atoms with E-state index in [2.05, 4.69) is 27.9 Å². The summed E-state index contributed by atoms with van der Waals surface area (Å²) in [7, 11) is 0. The van der Waals surface area contributed by atoms with Crippen molar-refractivity contribution in [1.29, 1.82) is 0 Å². The highest BCUT2D eigenvalue weighted by molar-refractivity contribution is 6.04. The molecular formula is C19H22N4O4. The molecule has 27 heavy (non-hydrogen) atoms. The Morgan fingerprint density at radius 1 is 1.26 bits per heavy atom. The lowest BCUT2D eigenvalue weighted by Crippen LogP contribution is -2.38. The molecule has 2 fully saturated rings. The highest BCUT2D eigenvalue weighted by Gasteiger charge is 2.41. The van der Waals surface area contributed by atoms with Crippen LogP contribution in [0.3, 0.4) is 0 Å². The molecule has 3 amide bonds. The molecule has 2 saturated heterocycles. The van der Waals surface area contributed by atoms with Crippen molar-refractivity contribution in [2.45, 2.75) is 38.1 Å². The minimum Gasteiger partial charge on any atom is -0.361 e. The van der Waals surface area contributed by atoms with E-state index in [4.69, 9.17) is 4.84 Å². The minimum atomic E-state index is -0.861. The Morgan fingerprint density at radius 3 is 2.78 bits per heavy atom. The third-order valence-electron chi connectivity index (χ3n) is 5.23. The number of aromatic amines is 1. The maximum Gasteiger partial charge on any atom is 0.358 e. The summed E-state index contributed by atoms with van der Waals surface area (Å²) in [5, 5.41) is 7.55. The number of carbonyl (C=O) groups is 3. The maximum absolute atomic E-state index is 12.1. The van der Waals surface area contributed by atoms with E-state index in [1.54, 1.807) is 0 Å². The number of urea groups is 1. The highest BCUT2D eigenvalue weighted by atomic mass is 16.7. The van der Waals surface area contributed by atoms with Crippen LogP contribution in [0.25, 0.3) is 10.9 Å². The number of hydroxylamine groups is 2. The molecule has 3 N–H and O–H groups in total. The van der Waals surface area contributed by atoms with Gasteiger partial charge in [-0.25, -0.2) is 4.79 Å². The second-order valence-corrected chi connectivity index (χ2v) is 7.07. The van der Waals surface area contributed by atoms with Crippen LogP contribution in [0.4, 0.5) is 4.79 Å². The van der Waals surface area contributed by atoms with Crippen LogP contribution in [0, 0.1) is 0 Å². The molecule has 4 rings (SSSR count). The van der Waals surface area contributed by atoms with E-state index < -0.39 is 23.9 Å². The number of piperidine rings is 1. The van der Waals surface area contributed by atoms with Crippen LogP contribution in [0.2, 0.25) is 0 Å². The number of amides is 3. The van der Waals surface area contributed by atoms with Crippen LogP contribution in [-0.4, -0.2) is 47.1 Å². The van der Waals surface area contributed by atoms with E-state index in [0.29, 0.717) is 5.92 Å². The molecule has 1 atom stereocenters. The van der Waals surface area contributed by atoms with E-state index in [-0.39, 0.29) is 6.42 Å². The van der Waals surface area contributed by atoms with Crippen molar-refractivity contribution in [2.24, 2.45) is 0 Å². The van der Waals surface area contributed by atoms with Gasteiger partial charge in [0.2, 0.25) is 0 Å². The summed E-state index contributed by atoms with van der Waals surface area (Å²) in [5.41, 5.74) is 3.25. The average Bonchev–Trinajstić information content (AvgIpc) is 3.18. The lowest BCUT2D eigenvalue weighted by molar-refractivity contribution is -0.178. The lowest BCUT2D eigenvalue weighted by atomic mass is 9.89. The molecule has 2 aromatic rings. The van der Waals surface area contributed by atoms with Gasteiger partial charge in [-0.1, -0.05) is 6.07 Å². The molecule has 0 radical (unpaired) electrons. The first-order chi connectivity index (χ1) is 13.0. The first-order valence-electron chi connectivity index (χ1n) is 9.16. The van der Waals surface area contributed by atoms with E-state index in [0.717, 1.165) is 47.5 Å². The van der Waals surface area contributed by atoms with Crippen LogP contribution < -0.4 is 10.6 Å². The smallest absolute Gasteiger partial charge is 0.358 e. The van der Waals surface area contributed by atoms with Crippen LogP contribution in [0.15, 0.2) is 24.4 Å². The van der Waals surface area contributed by atoms with Gasteiger partial charge in [-0.3, -0.25) is 14.9 Å². The van der Waals surface area contributed by atoms with Gasteiger partial charge in [0.15, 0.2) is 6.04 Å². The second kappa shape index (κ2) is 7.03. The Morgan fingerprint density at radius 2 is 2.04 bits per heavy atom. The van der Waals surface area contributed by atoms with Gasteiger partial charge < -0.3 is 15.1 Å². The number of rotatable bonds is 4. The number of hydrogen-bond donors (Lipinski definition) is 3. The molecule has 8 heteroatoms. The van der Waals surface area contributed by atoms with E-state index >= 15 is 0 Å². The molecule has 3 heterocycles. The summed E-state index contributed by atoms with van der Waals surface area (Å²) in [5.74, 6) is -0.600. The van der Waals surface area contributed by atoms with Gasteiger partial charge in [-0.05, 0) is 55.1 Å². The Hall–Kier alpha value is -2.87. The van der Waals surface area contributed by atoms with Crippen LogP contribution in [0.1, 0.15) is 36.8 Å². The molecule has 1 unspecified atom stereocenters. The molecule has 8 nitrogen and oxygen atoms in total. The Labute approximate surface area is 156 Å². The van der Waals surface area contributed by atoms with Gasteiger partial charge in [-0.2, -0.15) is 0 Å². The fraction of sp³-hybridized carbons (Fsp3) is 0.421. The first-order valence-corrected chi connectivity index (χ1v) is 9.16. The summed E-state index contributed by atoms with van der Waals surface area (Å²) < 4.78 is 0. The highest BCUT2D eigenvalue weighted by Crippen LogP contribution is 2.32. The quantitative estimate of drug-likeness (QED) is 0.709. The molecule has 2 aliphatic rings. The molecule has 1 aromatic carbocycles. The van der Waals surface area contributed by atoms with Crippen LogP contribution in [-0.2, 0) is 20.8 Å². The summed E-state index contributed by atoms with van der Waals surface area (Å²) in [6.45, 7) is 3.22. The van der Waals surface area contributed by atoms with Gasteiger partial charge in [0.1, 0.15) is 0 Å². The molecular weight excluding hydrogens is 348 g/mol. The first kappa shape index (κ1) is 17.5. The average molecular weight is 370 g/mol. The van der Waals surface area contributed by atoms with Gasteiger partial charge in [0.25, 0.3) is 5.91 Å². The Kier molecular flexibility index (Phi) is 4.57.